The topological polar surface area (TPSA) is 332 Å². The number of nitriles is 3. The van der Waals surface area contributed by atoms with Gasteiger partial charge in [0.15, 0.2) is 11.4 Å². The highest BCUT2D eigenvalue weighted by Crippen LogP contribution is 2.43. The zero-order valence-corrected chi connectivity index (χ0v) is 70.9. The first-order valence-electron chi connectivity index (χ1n) is 41.5. The summed E-state index contributed by atoms with van der Waals surface area (Å²) in [5, 5.41) is 76.4. The summed E-state index contributed by atoms with van der Waals surface area (Å²) < 4.78 is 55.5. The molecule has 29 nitrogen and oxygen atoms in total. The number of halogens is 4. The van der Waals surface area contributed by atoms with Crippen LogP contribution in [0.15, 0.2) is 159 Å². The summed E-state index contributed by atoms with van der Waals surface area (Å²) in [7, 11) is 3.03. The first kappa shape index (κ1) is 84.2. The minimum atomic E-state index is -2.36. The molecule has 21 heterocycles. The van der Waals surface area contributed by atoms with Crippen molar-refractivity contribution in [1.82, 2.24) is 73.9 Å². The van der Waals surface area contributed by atoms with E-state index in [1.807, 2.05) is 102 Å². The monoisotopic (exact) mass is 1710 g/mol. The second-order valence-corrected chi connectivity index (χ2v) is 35.1. The number of piperazine rings is 2. The Morgan fingerprint density at radius 3 is 1.43 bits per heavy atom. The maximum atomic E-state index is 14.1. The van der Waals surface area contributed by atoms with Crippen LogP contribution in [-0.4, -0.2) is 229 Å². The number of carbonyl (C=O) groups is 1. The van der Waals surface area contributed by atoms with Gasteiger partial charge in [0, 0.05) is 208 Å². The van der Waals surface area contributed by atoms with Crippen molar-refractivity contribution < 1.29 is 42.8 Å². The molecular formula is C92H93ClF3N23O6. The van der Waals surface area contributed by atoms with Crippen molar-refractivity contribution in [2.24, 2.45) is 11.8 Å². The number of hydrogen-bond acceptors (Lipinski definition) is 25. The molecule has 9 fully saturated rings. The van der Waals surface area contributed by atoms with Gasteiger partial charge in [0.1, 0.15) is 54.7 Å². The van der Waals surface area contributed by atoms with E-state index in [9.17, 15) is 49.1 Å². The number of rotatable bonds is 20. The molecule has 0 saturated carbocycles. The second-order valence-electron chi connectivity index (χ2n) is 34.7. The van der Waals surface area contributed by atoms with Gasteiger partial charge in [-0.15, -0.1) is 0 Å². The quantitative estimate of drug-likeness (QED) is 0.0515. The Bertz CT molecular complexity index is 6200. The number of methoxy groups -OCH3 is 2. The van der Waals surface area contributed by atoms with Crippen molar-refractivity contribution in [2.75, 3.05) is 118 Å². The highest BCUT2D eigenvalue weighted by atomic mass is 35.5. The van der Waals surface area contributed by atoms with Gasteiger partial charge in [-0.1, -0.05) is 29.5 Å². The number of piperidine rings is 3. The van der Waals surface area contributed by atoms with Gasteiger partial charge in [0.2, 0.25) is 11.8 Å². The van der Waals surface area contributed by atoms with Crippen molar-refractivity contribution in [3.05, 3.63) is 209 Å². The number of carbonyl (C=O) groups excluding carboxylic acids is 1. The third kappa shape index (κ3) is 17.2. The summed E-state index contributed by atoms with van der Waals surface area (Å²) in [4.78, 5) is 55.9. The number of fused-ring (bicyclic) bond motifs is 7. The zero-order chi connectivity index (χ0) is 87.4. The van der Waals surface area contributed by atoms with Gasteiger partial charge < -0.3 is 54.6 Å². The molecule has 4 atom stereocenters. The van der Waals surface area contributed by atoms with E-state index in [2.05, 4.69) is 124 Å². The molecule has 125 heavy (non-hydrogen) atoms. The van der Waals surface area contributed by atoms with Crippen molar-refractivity contribution in [1.29, 1.82) is 15.8 Å². The van der Waals surface area contributed by atoms with Gasteiger partial charge in [-0.2, -0.15) is 31.1 Å². The standard InChI is InChI=1S/C31H33ClN8O2.C31H33FN8O2.C30H27F2N7O2/c1-30(2,42)22-17-39(18-22)23-13-24(28-21(14-33)16-36-40(28)19-23)20-6-7-26(35-15-20)38-11-8-31(3,9-12-38)37-29(41)27-25(32)5-4-10-34-27;1-31(2,41)22-14-37(15-22)23-8-26(29-21(9-33)12-36-40(29)18-23)20-4-5-28(34-11-20)38-16-24-7-25(17-38)39(24)13-19-6-27(32)30(42-3)35-10-19;1-41-28-5-2-21(11-35-28)14-38-24-9-25(38)17-37(16-24)27-4-3-22(12-34-27)26-8-20(6-7-30(40,18-31)19-32)15-39-29(26)23(10-33)13-36-39/h4-7,10,13,15-16,19,22,42H,8-9,11-12,17-18H2,1-3H3,(H,37,41);4-6,8,10-12,18,22,24-25,41H,7,13-17H2,1-3H3;2-5,8,11-13,15,24-25,40H,9,14,16-19H2,1H3. The summed E-state index contributed by atoms with van der Waals surface area (Å²) in [5.74, 6) is 7.89. The highest BCUT2D eigenvalue weighted by Gasteiger charge is 2.47. The lowest BCUT2D eigenvalue weighted by atomic mass is 9.84. The average molecular weight is 1710 g/mol. The maximum absolute atomic E-state index is 14.1. The number of pyridine rings is 9. The molecule has 9 aliphatic rings. The smallest absolute Gasteiger partial charge is 0.271 e. The molecule has 4 unspecified atom stereocenters. The number of ether oxygens (including phenoxy) is 2. The van der Waals surface area contributed by atoms with E-state index in [4.69, 9.17) is 36.0 Å². The van der Waals surface area contributed by atoms with Crippen LogP contribution in [0.5, 0.6) is 11.8 Å². The molecule has 9 aliphatic heterocycles. The fourth-order valence-corrected chi connectivity index (χ4v) is 17.9. The van der Waals surface area contributed by atoms with E-state index < -0.39 is 36.0 Å². The fourth-order valence-electron chi connectivity index (χ4n) is 17.7. The maximum Gasteiger partial charge on any atom is 0.271 e. The Labute approximate surface area is 725 Å². The van der Waals surface area contributed by atoms with Crippen LogP contribution in [-0.2, 0) is 13.1 Å². The Kier molecular flexibility index (Phi) is 23.1. The number of alkyl halides is 2. The van der Waals surface area contributed by atoms with E-state index in [1.165, 1.54) is 23.9 Å². The first-order valence-corrected chi connectivity index (χ1v) is 41.9. The molecule has 4 bridgehead atoms. The highest BCUT2D eigenvalue weighted by molar-refractivity contribution is 6.33. The van der Waals surface area contributed by atoms with Crippen molar-refractivity contribution in [3.8, 4) is 75.2 Å². The van der Waals surface area contributed by atoms with Crippen LogP contribution in [0.1, 0.15) is 104 Å². The van der Waals surface area contributed by atoms with Crippen LogP contribution in [0.3, 0.4) is 0 Å². The summed E-state index contributed by atoms with van der Waals surface area (Å²) in [6, 6.07) is 35.0. The van der Waals surface area contributed by atoms with E-state index in [1.54, 1.807) is 71.5 Å². The fraction of sp³-hybridized carbons (Fsp3) is 0.380. The van der Waals surface area contributed by atoms with Crippen LogP contribution >= 0.6 is 11.6 Å². The third-order valence-corrected chi connectivity index (χ3v) is 25.7. The third-order valence-electron chi connectivity index (χ3n) is 25.4. The molecule has 9 saturated heterocycles. The van der Waals surface area contributed by atoms with Crippen LogP contribution < -0.4 is 39.3 Å². The first-order chi connectivity index (χ1) is 60.2. The molecule has 4 N–H and O–H groups in total. The van der Waals surface area contributed by atoms with Crippen molar-refractivity contribution in [2.45, 2.75) is 120 Å². The molecule has 0 aromatic carbocycles. The summed E-state index contributed by atoms with van der Waals surface area (Å²) in [6.45, 7) is 16.2. The lowest BCUT2D eigenvalue weighted by molar-refractivity contribution is -0.00885. The van der Waals surface area contributed by atoms with Gasteiger partial charge >= 0.3 is 0 Å². The lowest BCUT2D eigenvalue weighted by Gasteiger charge is -2.56. The second kappa shape index (κ2) is 34.2. The number of amides is 1. The van der Waals surface area contributed by atoms with E-state index in [-0.39, 0.29) is 34.9 Å². The number of hydrogen-bond donors (Lipinski definition) is 4. The van der Waals surface area contributed by atoms with Crippen LogP contribution in [0, 0.1) is 63.5 Å². The molecule has 12 aromatic heterocycles. The molecule has 1 amide bonds. The van der Waals surface area contributed by atoms with Crippen LogP contribution in [0.25, 0.3) is 49.9 Å². The van der Waals surface area contributed by atoms with E-state index >= 15 is 0 Å². The predicted octanol–water partition coefficient (Wildman–Crippen LogP) is 10.9. The normalized spacial score (nSPS) is 18.8. The predicted molar refractivity (Wildman–Crippen MR) is 465 cm³/mol. The largest absolute Gasteiger partial charge is 0.481 e. The summed E-state index contributed by atoms with van der Waals surface area (Å²) >= 11 is 6.17. The molecule has 0 aliphatic carbocycles. The molecule has 33 heteroatoms. The number of aromatic nitrogens is 12. The van der Waals surface area contributed by atoms with Gasteiger partial charge in [-0.25, -0.2) is 56.6 Å². The molecule has 0 radical (unpaired) electrons. The Morgan fingerprint density at radius 2 is 1.02 bits per heavy atom. The zero-order valence-electron chi connectivity index (χ0n) is 70.1. The molecule has 0 spiro atoms. The molecular weight excluding hydrogens is 1620 g/mol. The molecule has 12 aromatic rings. The van der Waals surface area contributed by atoms with Crippen LogP contribution in [0.2, 0.25) is 5.02 Å². The average Bonchev–Trinajstić information content (AvgIpc) is 1.57. The van der Waals surface area contributed by atoms with Crippen molar-refractivity contribution in [3.63, 3.8) is 0 Å². The Balaban J connectivity index is 0.000000133. The van der Waals surface area contributed by atoms with Gasteiger partial charge in [0.05, 0.1) is 106 Å². The Morgan fingerprint density at radius 1 is 0.552 bits per heavy atom. The minimum Gasteiger partial charge on any atom is -0.481 e. The van der Waals surface area contributed by atoms with E-state index in [0.29, 0.717) is 74.9 Å². The minimum absolute atomic E-state index is 0.0210. The van der Waals surface area contributed by atoms with E-state index in [0.717, 1.165) is 176 Å². The number of aliphatic hydroxyl groups is 3. The van der Waals surface area contributed by atoms with Gasteiger partial charge in [-0.3, -0.25) is 14.6 Å². The lowest BCUT2D eigenvalue weighted by Crippen LogP contribution is -2.68. The summed E-state index contributed by atoms with van der Waals surface area (Å²) in [5.41, 5.74) is 8.86. The summed E-state index contributed by atoms with van der Waals surface area (Å²) in [6.07, 6.45) is 24.4. The van der Waals surface area contributed by atoms with Crippen LogP contribution in [0.4, 0.5) is 42.0 Å². The molecule has 21 rings (SSSR count). The van der Waals surface area contributed by atoms with Crippen molar-refractivity contribution >= 4 is 62.9 Å². The number of anilines is 5. The van der Waals surface area contributed by atoms with Gasteiger partial charge in [0.25, 0.3) is 5.91 Å². The number of nitrogens with one attached hydrogen (secondary N) is 1. The Hall–Kier alpha value is -13.1. The van der Waals surface area contributed by atoms with Gasteiger partial charge in [-0.05, 0) is 144 Å². The SMILES string of the molecule is CC1(NC(=O)c2ncccc2Cl)CCN(c2ccc(-c3cc(N4CC(C(C)(C)O)C4)cn4ncc(C#N)c34)cn2)CC1.COc1ccc(CN2C3CC2CN(c2ccc(-c4cc(C#CC(O)(CF)CF)cn5ncc(C#N)c45)cn2)C3)cn1.COc1ncc(CN2C3CC2CN(c2ccc(-c4cc(N5CC(C(C)(C)O)C5)cn5ncc(C#N)c45)cn2)C3)cc1F. The molecule has 640 valence electrons. The number of nitrogens with zero attached hydrogens (tertiary/aromatic N) is 22.